The standard InChI is InChI=1S/C23H25N3O2/c1-4-26(20-10-7-8-17(2)14-20)22-13-12-19(16-24-22)23(27)25-15-18-9-5-6-11-21(18)28-3/h5-14,16H,4,15H2,1-3H3,(H,25,27). The van der Waals surface area contributed by atoms with Crippen LogP contribution in [0.15, 0.2) is 66.9 Å². The summed E-state index contributed by atoms with van der Waals surface area (Å²) in [7, 11) is 1.62. The molecule has 1 heterocycles. The summed E-state index contributed by atoms with van der Waals surface area (Å²) in [5.74, 6) is 1.41. The maximum Gasteiger partial charge on any atom is 0.253 e. The molecule has 0 fully saturated rings. The van der Waals surface area contributed by atoms with E-state index in [2.05, 4.69) is 47.2 Å². The number of nitrogens with zero attached hydrogens (tertiary/aromatic N) is 2. The molecule has 0 aliphatic carbocycles. The average molecular weight is 375 g/mol. The number of methoxy groups -OCH3 is 1. The van der Waals surface area contributed by atoms with Gasteiger partial charge in [0.1, 0.15) is 11.6 Å². The number of carbonyl (C=O) groups excluding carboxylic acids is 1. The van der Waals surface area contributed by atoms with Crippen molar-refractivity contribution < 1.29 is 9.53 Å². The van der Waals surface area contributed by atoms with Gasteiger partial charge in [-0.15, -0.1) is 0 Å². The molecule has 1 N–H and O–H groups in total. The number of carbonyl (C=O) groups is 1. The van der Waals surface area contributed by atoms with E-state index in [0.29, 0.717) is 12.1 Å². The molecule has 144 valence electrons. The van der Waals surface area contributed by atoms with Crippen molar-refractivity contribution in [3.63, 3.8) is 0 Å². The van der Waals surface area contributed by atoms with Gasteiger partial charge in [-0.1, -0.05) is 30.3 Å². The van der Waals surface area contributed by atoms with E-state index in [0.717, 1.165) is 29.4 Å². The van der Waals surface area contributed by atoms with Crippen LogP contribution in [0.5, 0.6) is 5.75 Å². The Kier molecular flexibility index (Phi) is 6.27. The molecule has 3 rings (SSSR count). The van der Waals surface area contributed by atoms with Crippen molar-refractivity contribution in [2.24, 2.45) is 0 Å². The predicted octanol–water partition coefficient (Wildman–Crippen LogP) is 4.49. The summed E-state index contributed by atoms with van der Waals surface area (Å²) < 4.78 is 5.32. The van der Waals surface area contributed by atoms with Gasteiger partial charge in [0, 0.05) is 30.5 Å². The van der Waals surface area contributed by atoms with Crippen LogP contribution in [0.25, 0.3) is 0 Å². The number of ether oxygens (including phenoxy) is 1. The minimum atomic E-state index is -0.163. The van der Waals surface area contributed by atoms with E-state index in [1.165, 1.54) is 5.56 Å². The second-order valence-electron chi connectivity index (χ2n) is 6.48. The van der Waals surface area contributed by atoms with E-state index in [-0.39, 0.29) is 5.91 Å². The quantitative estimate of drug-likeness (QED) is 0.661. The van der Waals surface area contributed by atoms with Gasteiger partial charge in [0.05, 0.1) is 12.7 Å². The molecule has 0 atom stereocenters. The first-order chi connectivity index (χ1) is 13.6. The number of hydrogen-bond acceptors (Lipinski definition) is 4. The highest BCUT2D eigenvalue weighted by molar-refractivity contribution is 5.94. The maximum atomic E-state index is 12.5. The van der Waals surface area contributed by atoms with Crippen LogP contribution in [0.1, 0.15) is 28.4 Å². The average Bonchev–Trinajstić information content (AvgIpc) is 2.73. The summed E-state index contributed by atoms with van der Waals surface area (Å²) in [4.78, 5) is 19.1. The number of aromatic nitrogens is 1. The monoisotopic (exact) mass is 375 g/mol. The molecular formula is C23H25N3O2. The SMILES string of the molecule is CCN(c1cccc(C)c1)c1ccc(C(=O)NCc2ccccc2OC)cn1. The van der Waals surface area contributed by atoms with Crippen molar-refractivity contribution in [2.45, 2.75) is 20.4 Å². The van der Waals surface area contributed by atoms with Crippen molar-refractivity contribution in [3.05, 3.63) is 83.6 Å². The fourth-order valence-corrected chi connectivity index (χ4v) is 3.08. The molecular weight excluding hydrogens is 350 g/mol. The lowest BCUT2D eigenvalue weighted by Crippen LogP contribution is -2.23. The number of hydrogen-bond donors (Lipinski definition) is 1. The van der Waals surface area contributed by atoms with Crippen LogP contribution in [0.3, 0.4) is 0 Å². The first-order valence-electron chi connectivity index (χ1n) is 9.32. The third-order valence-electron chi connectivity index (χ3n) is 4.55. The molecule has 2 aromatic carbocycles. The molecule has 0 bridgehead atoms. The molecule has 0 saturated heterocycles. The largest absolute Gasteiger partial charge is 0.496 e. The van der Waals surface area contributed by atoms with Crippen molar-refractivity contribution in [1.29, 1.82) is 0 Å². The lowest BCUT2D eigenvalue weighted by Gasteiger charge is -2.22. The molecule has 5 heteroatoms. The number of rotatable bonds is 7. The Hall–Kier alpha value is -3.34. The van der Waals surface area contributed by atoms with Crippen LogP contribution >= 0.6 is 0 Å². The lowest BCUT2D eigenvalue weighted by atomic mass is 10.2. The number of anilines is 2. The Morgan fingerprint density at radius 1 is 1.11 bits per heavy atom. The third-order valence-corrected chi connectivity index (χ3v) is 4.55. The highest BCUT2D eigenvalue weighted by Crippen LogP contribution is 2.24. The van der Waals surface area contributed by atoms with E-state index >= 15 is 0 Å². The summed E-state index contributed by atoms with van der Waals surface area (Å²) in [6.07, 6.45) is 1.62. The highest BCUT2D eigenvalue weighted by atomic mass is 16.5. The van der Waals surface area contributed by atoms with Gasteiger partial charge in [-0.05, 0) is 49.7 Å². The van der Waals surface area contributed by atoms with Crippen LogP contribution in [0.2, 0.25) is 0 Å². The topological polar surface area (TPSA) is 54.5 Å². The van der Waals surface area contributed by atoms with Crippen molar-refractivity contribution in [1.82, 2.24) is 10.3 Å². The Morgan fingerprint density at radius 2 is 1.93 bits per heavy atom. The van der Waals surface area contributed by atoms with Crippen LogP contribution in [0, 0.1) is 6.92 Å². The summed E-state index contributed by atoms with van der Waals surface area (Å²) in [6, 6.07) is 19.6. The third kappa shape index (κ3) is 4.49. The van der Waals surface area contributed by atoms with Crippen LogP contribution in [-0.4, -0.2) is 24.5 Å². The van der Waals surface area contributed by atoms with Crippen molar-refractivity contribution in [2.75, 3.05) is 18.6 Å². The first kappa shape index (κ1) is 19.4. The molecule has 28 heavy (non-hydrogen) atoms. The highest BCUT2D eigenvalue weighted by Gasteiger charge is 2.12. The number of nitrogens with one attached hydrogen (secondary N) is 1. The first-order valence-corrected chi connectivity index (χ1v) is 9.32. The van der Waals surface area contributed by atoms with E-state index in [1.54, 1.807) is 19.4 Å². The van der Waals surface area contributed by atoms with Crippen molar-refractivity contribution >= 4 is 17.4 Å². The van der Waals surface area contributed by atoms with Crippen LogP contribution < -0.4 is 15.0 Å². The summed E-state index contributed by atoms with van der Waals surface area (Å²) in [5, 5.41) is 2.92. The Labute approximate surface area is 166 Å². The minimum Gasteiger partial charge on any atom is -0.496 e. The van der Waals surface area contributed by atoms with E-state index < -0.39 is 0 Å². The molecule has 0 radical (unpaired) electrons. The molecule has 0 aliphatic heterocycles. The van der Waals surface area contributed by atoms with Gasteiger partial charge in [-0.3, -0.25) is 4.79 Å². The summed E-state index contributed by atoms with van der Waals surface area (Å²) >= 11 is 0. The van der Waals surface area contributed by atoms with E-state index in [1.807, 2.05) is 36.4 Å². The lowest BCUT2D eigenvalue weighted by molar-refractivity contribution is 0.0950. The molecule has 0 saturated carbocycles. The minimum absolute atomic E-state index is 0.163. The van der Waals surface area contributed by atoms with Gasteiger partial charge in [0.25, 0.3) is 5.91 Å². The zero-order valence-electron chi connectivity index (χ0n) is 16.5. The van der Waals surface area contributed by atoms with Crippen LogP contribution in [-0.2, 0) is 6.54 Å². The zero-order chi connectivity index (χ0) is 19.9. The predicted molar refractivity (Wildman–Crippen MR) is 112 cm³/mol. The van der Waals surface area contributed by atoms with Gasteiger partial charge >= 0.3 is 0 Å². The molecule has 0 unspecified atom stereocenters. The second-order valence-corrected chi connectivity index (χ2v) is 6.48. The van der Waals surface area contributed by atoms with Crippen LogP contribution in [0.4, 0.5) is 11.5 Å². The summed E-state index contributed by atoms with van der Waals surface area (Å²) in [6.45, 7) is 5.34. The second kappa shape index (κ2) is 9.04. The fraction of sp³-hybridized carbons (Fsp3) is 0.217. The summed E-state index contributed by atoms with van der Waals surface area (Å²) in [5.41, 5.74) is 3.74. The molecule has 0 aliphatic rings. The van der Waals surface area contributed by atoms with Gasteiger partial charge in [-0.25, -0.2) is 4.98 Å². The number of aryl methyl sites for hydroxylation is 1. The van der Waals surface area contributed by atoms with E-state index in [4.69, 9.17) is 4.74 Å². The van der Waals surface area contributed by atoms with Gasteiger partial charge < -0.3 is 15.0 Å². The number of pyridine rings is 1. The number of benzene rings is 2. The zero-order valence-corrected chi connectivity index (χ0v) is 16.5. The normalized spacial score (nSPS) is 10.4. The Morgan fingerprint density at radius 3 is 2.61 bits per heavy atom. The smallest absolute Gasteiger partial charge is 0.253 e. The van der Waals surface area contributed by atoms with Gasteiger partial charge in [-0.2, -0.15) is 0 Å². The van der Waals surface area contributed by atoms with Gasteiger partial charge in [0.2, 0.25) is 0 Å². The number of para-hydroxylation sites is 1. The van der Waals surface area contributed by atoms with Crippen molar-refractivity contribution in [3.8, 4) is 5.75 Å². The van der Waals surface area contributed by atoms with E-state index in [9.17, 15) is 4.79 Å². The maximum absolute atomic E-state index is 12.5. The number of amides is 1. The van der Waals surface area contributed by atoms with Gasteiger partial charge in [0.15, 0.2) is 0 Å². The molecule has 3 aromatic rings. The molecule has 0 spiro atoms. The Balaban J connectivity index is 1.70. The Bertz CT molecular complexity index is 939. The fourth-order valence-electron chi connectivity index (χ4n) is 3.08. The molecule has 1 amide bonds. The molecule has 5 nitrogen and oxygen atoms in total. The molecule has 1 aromatic heterocycles.